The van der Waals surface area contributed by atoms with Crippen LogP contribution >= 0.6 is 0 Å². The van der Waals surface area contributed by atoms with E-state index in [2.05, 4.69) is 11.8 Å². The van der Waals surface area contributed by atoms with Crippen molar-refractivity contribution in [3.8, 4) is 0 Å². The molecule has 3 heterocycles. The molecule has 2 N–H and O–H groups in total. The van der Waals surface area contributed by atoms with Gasteiger partial charge < -0.3 is 5.73 Å². The average molecular weight is 170 g/mol. The van der Waals surface area contributed by atoms with Gasteiger partial charge in [0.25, 0.3) is 0 Å². The Hall–Kier alpha value is -0.610. The first-order chi connectivity index (χ1) is 5.64. The summed E-state index contributed by atoms with van der Waals surface area (Å²) in [5, 5.41) is 0. The molecule has 3 saturated heterocycles. The Labute approximate surface area is 72.5 Å². The van der Waals surface area contributed by atoms with Crippen LogP contribution in [0.4, 0.5) is 4.79 Å². The van der Waals surface area contributed by atoms with Crippen molar-refractivity contribution in [3.63, 3.8) is 0 Å². The minimum Gasteiger partial charge on any atom is -0.319 e. The van der Waals surface area contributed by atoms with Crippen molar-refractivity contribution in [1.29, 1.82) is 0 Å². The number of rotatable bonds is 0. The summed E-state index contributed by atoms with van der Waals surface area (Å²) < 4.78 is 0.525. The lowest BCUT2D eigenvalue weighted by atomic mass is 10.1. The molecule has 0 aromatic carbocycles. The largest absolute Gasteiger partial charge is 0.414 e. The molecule has 0 spiro atoms. The Morgan fingerprint density at radius 1 is 1.50 bits per heavy atom. The van der Waals surface area contributed by atoms with E-state index in [1.54, 1.807) is 0 Å². The van der Waals surface area contributed by atoms with Gasteiger partial charge in [-0.3, -0.25) is 4.90 Å². The Morgan fingerprint density at radius 2 is 2.08 bits per heavy atom. The van der Waals surface area contributed by atoms with Gasteiger partial charge in [0, 0.05) is 13.1 Å². The third-order valence-corrected chi connectivity index (χ3v) is 3.34. The van der Waals surface area contributed by atoms with Crippen molar-refractivity contribution >= 4 is 6.03 Å². The van der Waals surface area contributed by atoms with Gasteiger partial charge in [0.1, 0.15) is 19.6 Å². The highest BCUT2D eigenvalue weighted by Gasteiger charge is 2.46. The normalized spacial score (nSPS) is 46.1. The number of hydrogen-bond donors (Lipinski definition) is 1. The smallest absolute Gasteiger partial charge is 0.319 e. The van der Waals surface area contributed by atoms with E-state index in [9.17, 15) is 4.79 Å². The monoisotopic (exact) mass is 170 g/mol. The predicted octanol–water partition coefficient (Wildman–Crippen LogP) is -0.400. The number of urea groups is 1. The van der Waals surface area contributed by atoms with Gasteiger partial charge in [-0.05, 0) is 6.92 Å². The fraction of sp³-hybridized carbons (Fsp3) is 0.875. The number of primary amides is 1. The molecule has 1 unspecified atom stereocenters. The number of fused-ring (bicyclic) bond motifs is 3. The van der Waals surface area contributed by atoms with Gasteiger partial charge in [-0.2, -0.15) is 0 Å². The highest BCUT2D eigenvalue weighted by Crippen LogP contribution is 2.23. The van der Waals surface area contributed by atoms with Crippen LogP contribution in [-0.4, -0.2) is 54.2 Å². The summed E-state index contributed by atoms with van der Waals surface area (Å²) in [5.74, 6) is 0. The van der Waals surface area contributed by atoms with E-state index in [-0.39, 0.29) is 6.03 Å². The molecule has 4 nitrogen and oxygen atoms in total. The van der Waals surface area contributed by atoms with Crippen LogP contribution in [0.2, 0.25) is 0 Å². The zero-order chi connectivity index (χ0) is 8.77. The van der Waals surface area contributed by atoms with Gasteiger partial charge in [0.05, 0.1) is 6.04 Å². The highest BCUT2D eigenvalue weighted by molar-refractivity contribution is 5.64. The highest BCUT2D eigenvalue weighted by atomic mass is 16.2. The standard InChI is InChI=1S/C8H15N3O/c1-7-6-11(8(9)12)4-2-10(7)3-5-11/h7H,2-6H2,1H3,(H-,9,12)/p+1. The first-order valence-electron chi connectivity index (χ1n) is 4.54. The summed E-state index contributed by atoms with van der Waals surface area (Å²) in [4.78, 5) is 13.7. The van der Waals surface area contributed by atoms with Crippen LogP contribution in [0.25, 0.3) is 0 Å². The molecule has 3 aliphatic heterocycles. The van der Waals surface area contributed by atoms with Crippen molar-refractivity contribution in [1.82, 2.24) is 4.90 Å². The van der Waals surface area contributed by atoms with E-state index in [1.807, 2.05) is 0 Å². The van der Waals surface area contributed by atoms with Crippen LogP contribution in [0.3, 0.4) is 0 Å². The summed E-state index contributed by atoms with van der Waals surface area (Å²) in [6.45, 7) is 6.98. The lowest BCUT2D eigenvalue weighted by molar-refractivity contribution is -0.868. The molecule has 3 fully saturated rings. The van der Waals surface area contributed by atoms with Crippen molar-refractivity contribution < 1.29 is 9.28 Å². The van der Waals surface area contributed by atoms with Gasteiger partial charge in [0.2, 0.25) is 0 Å². The van der Waals surface area contributed by atoms with E-state index in [4.69, 9.17) is 5.73 Å². The molecule has 0 radical (unpaired) electrons. The molecule has 0 aliphatic carbocycles. The Kier molecular flexibility index (Phi) is 1.63. The maximum absolute atomic E-state index is 11.3. The lowest BCUT2D eigenvalue weighted by Crippen LogP contribution is -2.73. The molecule has 4 heteroatoms. The lowest BCUT2D eigenvalue weighted by Gasteiger charge is -2.50. The third-order valence-electron chi connectivity index (χ3n) is 3.34. The summed E-state index contributed by atoms with van der Waals surface area (Å²) in [5.41, 5.74) is 5.41. The molecule has 12 heavy (non-hydrogen) atoms. The number of nitrogens with two attached hydrogens (primary N) is 1. The predicted molar refractivity (Wildman–Crippen MR) is 45.5 cm³/mol. The number of nitrogens with zero attached hydrogens (tertiary/aromatic N) is 2. The molecule has 3 aliphatic rings. The van der Waals surface area contributed by atoms with Crippen LogP contribution in [0, 0.1) is 0 Å². The first kappa shape index (κ1) is 8.01. The summed E-state index contributed by atoms with van der Waals surface area (Å²) in [6.07, 6.45) is 0. The second kappa shape index (κ2) is 2.44. The zero-order valence-corrected chi connectivity index (χ0v) is 7.49. The fourth-order valence-corrected chi connectivity index (χ4v) is 2.42. The fourth-order valence-electron chi connectivity index (χ4n) is 2.42. The topological polar surface area (TPSA) is 46.3 Å². The summed E-state index contributed by atoms with van der Waals surface area (Å²) in [6, 6.07) is 0.390. The molecule has 68 valence electrons. The van der Waals surface area contributed by atoms with E-state index < -0.39 is 0 Å². The molecular formula is C8H16N3O+. The van der Waals surface area contributed by atoms with Gasteiger partial charge in [-0.25, -0.2) is 9.28 Å². The number of carbonyl (C=O) groups excluding carboxylic acids is 1. The molecule has 0 saturated carbocycles. The molecule has 1 atom stereocenters. The van der Waals surface area contributed by atoms with E-state index in [0.717, 1.165) is 32.7 Å². The minimum atomic E-state index is -0.138. The quantitative estimate of drug-likeness (QED) is 0.503. The summed E-state index contributed by atoms with van der Waals surface area (Å²) in [7, 11) is 0. The van der Waals surface area contributed by atoms with Crippen molar-refractivity contribution in [2.24, 2.45) is 5.73 Å². The van der Waals surface area contributed by atoms with E-state index in [0.29, 0.717) is 10.5 Å². The second-order valence-corrected chi connectivity index (χ2v) is 4.00. The van der Waals surface area contributed by atoms with Crippen LogP contribution in [0.5, 0.6) is 0 Å². The van der Waals surface area contributed by atoms with Gasteiger partial charge in [-0.15, -0.1) is 0 Å². The Bertz CT molecular complexity index is 208. The van der Waals surface area contributed by atoms with Gasteiger partial charge in [0.15, 0.2) is 0 Å². The first-order valence-corrected chi connectivity index (χ1v) is 4.54. The van der Waals surface area contributed by atoms with Gasteiger partial charge >= 0.3 is 6.03 Å². The maximum Gasteiger partial charge on any atom is 0.414 e. The van der Waals surface area contributed by atoms with Crippen LogP contribution < -0.4 is 5.73 Å². The van der Waals surface area contributed by atoms with Crippen LogP contribution in [-0.2, 0) is 0 Å². The average Bonchev–Trinajstić information content (AvgIpc) is 2.05. The molecule has 2 amide bonds. The van der Waals surface area contributed by atoms with Gasteiger partial charge in [-0.1, -0.05) is 0 Å². The second-order valence-electron chi connectivity index (χ2n) is 4.00. The SMILES string of the molecule is CC1C[N+]2(C(N)=O)CCN1CC2. The Balaban J connectivity index is 2.21. The van der Waals surface area contributed by atoms with Crippen LogP contribution in [0.15, 0.2) is 0 Å². The Morgan fingerprint density at radius 3 is 2.42 bits per heavy atom. The van der Waals surface area contributed by atoms with E-state index in [1.165, 1.54) is 0 Å². The van der Waals surface area contributed by atoms with Crippen LogP contribution in [0.1, 0.15) is 6.92 Å². The van der Waals surface area contributed by atoms with Crippen molar-refractivity contribution in [2.75, 3.05) is 32.7 Å². The zero-order valence-electron chi connectivity index (χ0n) is 7.49. The number of hydrogen-bond acceptors (Lipinski definition) is 2. The molecule has 2 bridgehead atoms. The van der Waals surface area contributed by atoms with Crippen molar-refractivity contribution in [2.45, 2.75) is 13.0 Å². The number of amides is 2. The maximum atomic E-state index is 11.3. The van der Waals surface area contributed by atoms with Crippen molar-refractivity contribution in [3.05, 3.63) is 0 Å². The third kappa shape index (κ3) is 0.949. The van der Waals surface area contributed by atoms with E-state index >= 15 is 0 Å². The molecule has 0 aromatic heterocycles. The molecule has 3 rings (SSSR count). The minimum absolute atomic E-state index is 0.138. The number of quaternary nitrogens is 1. The number of carbonyl (C=O) groups is 1. The summed E-state index contributed by atoms with van der Waals surface area (Å²) >= 11 is 0. The molecule has 0 aromatic rings. The number of piperazine rings is 3. The molecular weight excluding hydrogens is 154 g/mol.